The summed E-state index contributed by atoms with van der Waals surface area (Å²) in [4.78, 5) is 9.77. The van der Waals surface area contributed by atoms with E-state index in [0.29, 0.717) is 0 Å². The van der Waals surface area contributed by atoms with Gasteiger partial charge in [-0.2, -0.15) is 0 Å². The summed E-state index contributed by atoms with van der Waals surface area (Å²) < 4.78 is 2.46. The van der Waals surface area contributed by atoms with E-state index in [9.17, 15) is 0 Å². The van der Waals surface area contributed by atoms with Crippen LogP contribution in [0.15, 0.2) is 224 Å². The maximum atomic E-state index is 4.87. The van der Waals surface area contributed by atoms with Gasteiger partial charge in [0.05, 0.1) is 11.2 Å². The molecule has 2 aromatic heterocycles. The summed E-state index contributed by atoms with van der Waals surface area (Å²) in [6.45, 7) is 14.1. The lowest BCUT2D eigenvalue weighted by atomic mass is 9.82. The van der Waals surface area contributed by atoms with E-state index in [1.54, 1.807) is 0 Å². The Morgan fingerprint density at radius 1 is 0.765 bits per heavy atom. The molecule has 0 saturated heterocycles. The van der Waals surface area contributed by atoms with E-state index >= 15 is 0 Å². The summed E-state index contributed by atoms with van der Waals surface area (Å²) in [5, 5.41) is 1.24. The normalized spacial score (nSPS) is 16.7. The van der Waals surface area contributed by atoms with Crippen LogP contribution >= 0.6 is 11.8 Å². The maximum Gasteiger partial charge on any atom is 0.0699 e. The van der Waals surface area contributed by atoms with Crippen molar-refractivity contribution in [2.75, 3.05) is 4.90 Å². The maximum absolute atomic E-state index is 4.87. The largest absolute Gasteiger partial charge is 0.317 e. The molecule has 0 bridgehead atoms. The highest BCUT2D eigenvalue weighted by atomic mass is 32.2. The molecule has 2 aliphatic carbocycles. The average Bonchev–Trinajstić information content (AvgIpc) is 3.98. The van der Waals surface area contributed by atoms with E-state index in [1.807, 2.05) is 24.0 Å². The van der Waals surface area contributed by atoms with Crippen LogP contribution in [-0.2, 0) is 5.41 Å². The van der Waals surface area contributed by atoms with Crippen LogP contribution in [0.2, 0.25) is 0 Å². The molecule has 3 heterocycles. The van der Waals surface area contributed by atoms with Crippen LogP contribution in [0.3, 0.4) is 0 Å². The number of fused-ring (bicyclic) bond motifs is 4. The highest BCUT2D eigenvalue weighted by molar-refractivity contribution is 8.12. The minimum atomic E-state index is -0.117. The molecule has 0 saturated carbocycles. The summed E-state index contributed by atoms with van der Waals surface area (Å²) in [5.41, 5.74) is 20.5. The molecule has 0 fully saturated rings. The molecule has 11 rings (SSSR count). The molecular weight excluding hydrogens is 843 g/mol. The summed E-state index contributed by atoms with van der Waals surface area (Å²) in [6, 6.07) is 59.6. The monoisotopic (exact) mass is 897 g/mol. The van der Waals surface area contributed by atoms with Gasteiger partial charge in [0.2, 0.25) is 0 Å². The number of hydrogen-bond acceptors (Lipinski definition) is 3. The topological polar surface area (TPSA) is 21.1 Å². The van der Waals surface area contributed by atoms with Crippen LogP contribution in [-0.4, -0.2) is 9.55 Å². The van der Waals surface area contributed by atoms with Crippen molar-refractivity contribution < 1.29 is 0 Å². The highest BCUT2D eigenvalue weighted by Gasteiger charge is 2.37. The second-order valence-electron chi connectivity index (χ2n) is 18.6. The van der Waals surface area contributed by atoms with Gasteiger partial charge in [-0.05, 0) is 147 Å². The van der Waals surface area contributed by atoms with E-state index in [1.165, 1.54) is 82.1 Å². The molecule has 8 aromatic rings. The lowest BCUT2D eigenvalue weighted by molar-refractivity contribution is 0.660. The third kappa shape index (κ3) is 7.63. The number of anilines is 2. The van der Waals surface area contributed by atoms with Crippen molar-refractivity contribution in [2.24, 2.45) is 5.92 Å². The fourth-order valence-electron chi connectivity index (χ4n) is 10.8. The van der Waals surface area contributed by atoms with E-state index < -0.39 is 0 Å². The fraction of sp³-hybridized carbons (Fsp3) is 0.141. The predicted molar refractivity (Wildman–Crippen MR) is 291 cm³/mol. The quantitative estimate of drug-likeness (QED) is 0.129. The molecular formula is C64H55N3S. The number of rotatable bonds is 11. The molecule has 0 radical (unpaired) electrons. The van der Waals surface area contributed by atoms with Gasteiger partial charge in [-0.25, -0.2) is 0 Å². The first kappa shape index (κ1) is 43.2. The van der Waals surface area contributed by atoms with Crippen molar-refractivity contribution in [2.45, 2.75) is 52.4 Å². The van der Waals surface area contributed by atoms with Crippen molar-refractivity contribution in [1.82, 2.24) is 9.55 Å². The van der Waals surface area contributed by atoms with Gasteiger partial charge in [-0.3, -0.25) is 4.98 Å². The number of thioether (sulfide) groups is 1. The molecule has 0 amide bonds. The summed E-state index contributed by atoms with van der Waals surface area (Å²) in [6.07, 6.45) is 18.5. The lowest BCUT2D eigenvalue weighted by Gasteiger charge is -2.25. The number of aromatic nitrogens is 2. The van der Waals surface area contributed by atoms with Crippen LogP contribution in [0.4, 0.5) is 11.4 Å². The second-order valence-corrected chi connectivity index (χ2v) is 19.7. The van der Waals surface area contributed by atoms with Gasteiger partial charge in [-0.15, -0.1) is 0 Å². The Bertz CT molecular complexity index is 3380. The van der Waals surface area contributed by atoms with Crippen LogP contribution in [0.1, 0.15) is 73.7 Å². The molecule has 332 valence electrons. The summed E-state index contributed by atoms with van der Waals surface area (Å²) in [7, 11) is 0. The van der Waals surface area contributed by atoms with E-state index in [-0.39, 0.29) is 11.3 Å². The van der Waals surface area contributed by atoms with Crippen LogP contribution in [0.5, 0.6) is 0 Å². The summed E-state index contributed by atoms with van der Waals surface area (Å²) in [5.74, 6) is 0.125. The molecule has 1 atom stereocenters. The molecule has 3 nitrogen and oxygen atoms in total. The van der Waals surface area contributed by atoms with Crippen molar-refractivity contribution in [3.05, 3.63) is 257 Å². The minimum absolute atomic E-state index is 0.117. The smallest absolute Gasteiger partial charge is 0.0699 e. The lowest BCUT2D eigenvalue weighted by Crippen LogP contribution is -2.16. The third-order valence-corrected chi connectivity index (χ3v) is 15.6. The Labute approximate surface area is 405 Å². The van der Waals surface area contributed by atoms with Gasteiger partial charge in [0.1, 0.15) is 0 Å². The van der Waals surface area contributed by atoms with Gasteiger partial charge in [-0.1, -0.05) is 173 Å². The molecule has 1 unspecified atom stereocenters. The predicted octanol–water partition coefficient (Wildman–Crippen LogP) is 17.5. The first-order valence-corrected chi connectivity index (χ1v) is 24.8. The van der Waals surface area contributed by atoms with Crippen LogP contribution < -0.4 is 4.90 Å². The zero-order chi connectivity index (χ0) is 46.4. The number of benzene rings is 6. The highest BCUT2D eigenvalue weighted by Crippen LogP contribution is 2.57. The molecule has 0 spiro atoms. The van der Waals surface area contributed by atoms with Gasteiger partial charge in [0.15, 0.2) is 0 Å². The van der Waals surface area contributed by atoms with Crippen molar-refractivity contribution in [1.29, 1.82) is 0 Å². The van der Waals surface area contributed by atoms with Crippen molar-refractivity contribution in [3.63, 3.8) is 0 Å². The molecule has 68 heavy (non-hydrogen) atoms. The number of pyridine rings is 1. The number of nitrogens with zero attached hydrogens (tertiary/aromatic N) is 3. The average molecular weight is 898 g/mol. The SMILES string of the molecule is C=C(C1=C(c2c(C)n(-c3ccccc3)c3cc(C4=CC=CCC4)ccc23)S/C(=C/C=C/N(c2ccc(-c3ccccc3)cc2)c2ccc3c(c2)C(C)(C)c2ccccc2-3)C1CC)c1ccccn1. The van der Waals surface area contributed by atoms with Crippen molar-refractivity contribution >= 4 is 50.1 Å². The Morgan fingerprint density at radius 3 is 2.22 bits per heavy atom. The van der Waals surface area contributed by atoms with Gasteiger partial charge >= 0.3 is 0 Å². The minimum Gasteiger partial charge on any atom is -0.317 e. The number of para-hydroxylation sites is 1. The van der Waals surface area contributed by atoms with Crippen LogP contribution in [0, 0.1) is 12.8 Å². The summed E-state index contributed by atoms with van der Waals surface area (Å²) >= 11 is 1.90. The third-order valence-electron chi connectivity index (χ3n) is 14.3. The number of allylic oxidation sites excluding steroid dienone is 9. The Kier molecular flexibility index (Phi) is 11.4. The molecule has 4 heteroatoms. The molecule has 3 aliphatic rings. The Hall–Kier alpha value is -7.40. The zero-order valence-corrected chi connectivity index (χ0v) is 40.1. The van der Waals surface area contributed by atoms with E-state index in [0.717, 1.165) is 47.6 Å². The standard InChI is InChI=1S/C64H55N3S/c1-6-52-60(30-20-40-66(49-34-31-47(32-35-49)45-21-10-7-11-22-45)51-36-38-54-53-27-16-17-28-56(53)64(4,5)57(54)42-51)68-63(61(52)43(2)58-29-18-19-39-65-58)62-44(3)67(50-25-14-9-15-26-50)59-41-48(33-37-55(59)62)46-23-12-8-13-24-46/h7-12,14-23,25-42,52H,2,6,13,24H2,1,3-5H3/b40-20+,60-30+. The van der Waals surface area contributed by atoms with E-state index in [2.05, 4.69) is 231 Å². The Balaban J connectivity index is 1.04. The zero-order valence-electron chi connectivity index (χ0n) is 39.3. The van der Waals surface area contributed by atoms with Gasteiger partial charge < -0.3 is 9.47 Å². The fourth-order valence-corrected chi connectivity index (χ4v) is 12.3. The van der Waals surface area contributed by atoms with Gasteiger partial charge in [0, 0.05) is 62.3 Å². The first-order valence-electron chi connectivity index (χ1n) is 24.0. The van der Waals surface area contributed by atoms with Crippen molar-refractivity contribution in [3.8, 4) is 27.9 Å². The van der Waals surface area contributed by atoms with E-state index in [4.69, 9.17) is 11.6 Å². The molecule has 0 N–H and O–H groups in total. The molecule has 1 aliphatic heterocycles. The Morgan fingerprint density at radius 2 is 1.47 bits per heavy atom. The first-order chi connectivity index (χ1) is 33.3. The molecule has 6 aromatic carbocycles. The van der Waals surface area contributed by atoms with Crippen LogP contribution in [0.25, 0.3) is 54.9 Å². The second kappa shape index (κ2) is 18.0. The number of hydrogen-bond donors (Lipinski definition) is 0. The van der Waals surface area contributed by atoms with Gasteiger partial charge in [0.25, 0.3) is 0 Å².